The zero-order valence-corrected chi connectivity index (χ0v) is 7.30. The molecule has 0 saturated heterocycles. The number of hydrogen-bond donors (Lipinski definition) is 1. The third-order valence-corrected chi connectivity index (χ3v) is 1.96. The van der Waals surface area contributed by atoms with Gasteiger partial charge in [0.1, 0.15) is 0 Å². The van der Waals surface area contributed by atoms with Gasteiger partial charge in [-0.25, -0.2) is 0 Å². The molecule has 2 rings (SSSR count). The number of fused-ring (bicyclic) bond motifs is 1. The van der Waals surface area contributed by atoms with E-state index in [1.54, 1.807) is 0 Å². The molecule has 0 unspecified atom stereocenters. The Hall–Kier alpha value is -1.09. The molecule has 0 fully saturated rings. The molecule has 2 nitrogen and oxygen atoms in total. The Morgan fingerprint density at radius 1 is 1.33 bits per heavy atom. The van der Waals surface area contributed by atoms with Gasteiger partial charge in [0.05, 0.1) is 0 Å². The van der Waals surface area contributed by atoms with Crippen LogP contribution in [0.25, 0.3) is 4.91 Å². The van der Waals surface area contributed by atoms with Crippen LogP contribution in [0, 0.1) is 0 Å². The van der Waals surface area contributed by atoms with E-state index in [9.17, 15) is 0 Å². The number of ether oxygens (including phenoxy) is 2. The largest absolute Gasteiger partial charge is 0.454 e. The molecule has 0 N–H and O–H groups in total. The van der Waals surface area contributed by atoms with Crippen molar-refractivity contribution >= 4 is 17.5 Å². The van der Waals surface area contributed by atoms with Gasteiger partial charge in [0.15, 0.2) is 11.5 Å². The quantitative estimate of drug-likeness (QED) is 0.668. The fourth-order valence-corrected chi connectivity index (χ4v) is 1.22. The maximum Gasteiger partial charge on any atom is 0.231 e. The Morgan fingerprint density at radius 3 is 2.83 bits per heavy atom. The van der Waals surface area contributed by atoms with Gasteiger partial charge in [-0.1, -0.05) is 6.58 Å². The van der Waals surface area contributed by atoms with E-state index < -0.39 is 0 Å². The second-order valence-electron chi connectivity index (χ2n) is 2.51. The van der Waals surface area contributed by atoms with Crippen LogP contribution < -0.4 is 9.47 Å². The van der Waals surface area contributed by atoms with Crippen LogP contribution in [0.2, 0.25) is 0 Å². The first-order valence-electron chi connectivity index (χ1n) is 3.55. The van der Waals surface area contributed by atoms with Crippen LogP contribution in [0.1, 0.15) is 5.56 Å². The molecule has 1 aromatic rings. The van der Waals surface area contributed by atoms with Gasteiger partial charge in [-0.3, -0.25) is 0 Å². The zero-order chi connectivity index (χ0) is 8.55. The topological polar surface area (TPSA) is 18.5 Å². The highest BCUT2D eigenvalue weighted by atomic mass is 32.1. The molecule has 1 aliphatic rings. The molecule has 0 bridgehead atoms. The van der Waals surface area contributed by atoms with E-state index in [-0.39, 0.29) is 0 Å². The molecule has 0 amide bonds. The summed E-state index contributed by atoms with van der Waals surface area (Å²) in [5, 5.41) is 0. The Kier molecular flexibility index (Phi) is 1.73. The van der Waals surface area contributed by atoms with Crippen molar-refractivity contribution < 1.29 is 9.47 Å². The predicted molar refractivity (Wildman–Crippen MR) is 50.6 cm³/mol. The van der Waals surface area contributed by atoms with Crippen molar-refractivity contribution in [1.82, 2.24) is 0 Å². The standard InChI is InChI=1S/C9H8O2S/c1-6(12)7-2-3-8-9(4-7)11-5-10-8/h2-4,12H,1,5H2. The van der Waals surface area contributed by atoms with Crippen LogP contribution in [0.3, 0.4) is 0 Å². The summed E-state index contributed by atoms with van der Waals surface area (Å²) in [5.74, 6) is 1.55. The minimum absolute atomic E-state index is 0.303. The second-order valence-corrected chi connectivity index (χ2v) is 3.05. The van der Waals surface area contributed by atoms with Crippen LogP contribution in [0.5, 0.6) is 11.5 Å². The average molecular weight is 180 g/mol. The van der Waals surface area contributed by atoms with E-state index in [0.29, 0.717) is 6.79 Å². The first-order valence-corrected chi connectivity index (χ1v) is 4.00. The highest BCUT2D eigenvalue weighted by Crippen LogP contribution is 2.34. The summed E-state index contributed by atoms with van der Waals surface area (Å²) in [6, 6.07) is 5.64. The molecule has 0 radical (unpaired) electrons. The molecular weight excluding hydrogens is 172 g/mol. The number of rotatable bonds is 1. The summed E-state index contributed by atoms with van der Waals surface area (Å²) < 4.78 is 10.3. The highest BCUT2D eigenvalue weighted by Gasteiger charge is 2.12. The van der Waals surface area contributed by atoms with Crippen LogP contribution in [0.15, 0.2) is 24.8 Å². The zero-order valence-electron chi connectivity index (χ0n) is 6.41. The first kappa shape index (κ1) is 7.55. The van der Waals surface area contributed by atoms with E-state index >= 15 is 0 Å². The smallest absolute Gasteiger partial charge is 0.231 e. The van der Waals surface area contributed by atoms with Crippen LogP contribution in [-0.2, 0) is 0 Å². The molecule has 12 heavy (non-hydrogen) atoms. The molecule has 62 valence electrons. The van der Waals surface area contributed by atoms with Crippen molar-refractivity contribution in [3.8, 4) is 11.5 Å². The summed E-state index contributed by atoms with van der Waals surface area (Å²) >= 11 is 4.14. The van der Waals surface area contributed by atoms with Crippen LogP contribution in [-0.4, -0.2) is 6.79 Å². The maximum absolute atomic E-state index is 5.19. The van der Waals surface area contributed by atoms with Crippen LogP contribution >= 0.6 is 12.6 Å². The summed E-state index contributed by atoms with van der Waals surface area (Å²) in [4.78, 5) is 0.730. The molecule has 1 aliphatic heterocycles. The molecular formula is C9H8O2S. The minimum Gasteiger partial charge on any atom is -0.454 e. The maximum atomic E-state index is 5.19. The summed E-state index contributed by atoms with van der Waals surface area (Å²) in [6.45, 7) is 4.02. The van der Waals surface area contributed by atoms with Crippen molar-refractivity contribution in [3.05, 3.63) is 30.3 Å². The lowest BCUT2D eigenvalue weighted by molar-refractivity contribution is 0.174. The van der Waals surface area contributed by atoms with Gasteiger partial charge < -0.3 is 9.47 Å². The fourth-order valence-electron chi connectivity index (χ4n) is 1.08. The summed E-state index contributed by atoms with van der Waals surface area (Å²) in [5.41, 5.74) is 0.961. The molecule has 0 aliphatic carbocycles. The molecule has 1 heterocycles. The van der Waals surface area contributed by atoms with Crippen LogP contribution in [0.4, 0.5) is 0 Å². The van der Waals surface area contributed by atoms with Gasteiger partial charge in [0.2, 0.25) is 6.79 Å². The van der Waals surface area contributed by atoms with Gasteiger partial charge in [-0.2, -0.15) is 0 Å². The first-order chi connectivity index (χ1) is 5.77. The van der Waals surface area contributed by atoms with Gasteiger partial charge in [-0.15, -0.1) is 12.6 Å². The molecule has 0 atom stereocenters. The molecule has 0 aromatic heterocycles. The Labute approximate surface area is 76.2 Å². The second kappa shape index (κ2) is 2.75. The van der Waals surface area contributed by atoms with Gasteiger partial charge >= 0.3 is 0 Å². The lowest BCUT2D eigenvalue weighted by Gasteiger charge is -1.99. The number of benzene rings is 1. The SMILES string of the molecule is C=C(S)c1ccc2c(c1)OCO2. The third kappa shape index (κ3) is 1.16. The summed E-state index contributed by atoms with van der Waals surface area (Å²) in [6.07, 6.45) is 0. The number of thiol groups is 1. The molecule has 3 heteroatoms. The lowest BCUT2D eigenvalue weighted by atomic mass is 10.2. The van der Waals surface area contributed by atoms with Crippen molar-refractivity contribution in [2.75, 3.05) is 6.79 Å². The third-order valence-electron chi connectivity index (χ3n) is 1.71. The van der Waals surface area contributed by atoms with E-state index in [0.717, 1.165) is 22.0 Å². The Morgan fingerprint density at radius 2 is 2.08 bits per heavy atom. The van der Waals surface area contributed by atoms with E-state index in [1.165, 1.54) is 0 Å². The normalized spacial score (nSPS) is 13.1. The molecule has 1 aromatic carbocycles. The van der Waals surface area contributed by atoms with E-state index in [4.69, 9.17) is 9.47 Å². The van der Waals surface area contributed by atoms with Crippen molar-refractivity contribution in [2.45, 2.75) is 0 Å². The highest BCUT2D eigenvalue weighted by molar-refractivity contribution is 7.90. The minimum atomic E-state index is 0.303. The summed E-state index contributed by atoms with van der Waals surface area (Å²) in [7, 11) is 0. The van der Waals surface area contributed by atoms with Crippen molar-refractivity contribution in [1.29, 1.82) is 0 Å². The average Bonchev–Trinajstić information content (AvgIpc) is 2.49. The van der Waals surface area contributed by atoms with Gasteiger partial charge in [-0.05, 0) is 23.8 Å². The Balaban J connectivity index is 2.45. The Bertz CT molecular complexity index is 333. The lowest BCUT2D eigenvalue weighted by Crippen LogP contribution is -1.92. The van der Waals surface area contributed by atoms with E-state index in [1.807, 2.05) is 18.2 Å². The van der Waals surface area contributed by atoms with Crippen molar-refractivity contribution in [3.63, 3.8) is 0 Å². The van der Waals surface area contributed by atoms with Gasteiger partial charge in [0, 0.05) is 4.91 Å². The predicted octanol–water partition coefficient (Wildman–Crippen LogP) is 2.32. The van der Waals surface area contributed by atoms with Crippen molar-refractivity contribution in [2.24, 2.45) is 0 Å². The number of hydrogen-bond acceptors (Lipinski definition) is 3. The fraction of sp³-hybridized carbons (Fsp3) is 0.111. The van der Waals surface area contributed by atoms with E-state index in [2.05, 4.69) is 19.2 Å². The molecule has 0 saturated carbocycles. The monoisotopic (exact) mass is 180 g/mol. The van der Waals surface area contributed by atoms with Gasteiger partial charge in [0.25, 0.3) is 0 Å². The molecule has 0 spiro atoms.